The first-order chi connectivity index (χ1) is 15.5. The van der Waals surface area contributed by atoms with E-state index in [1.54, 1.807) is 14.0 Å². The molecule has 34 heavy (non-hydrogen) atoms. The van der Waals surface area contributed by atoms with E-state index in [1.807, 2.05) is 6.92 Å². The van der Waals surface area contributed by atoms with Gasteiger partial charge in [0, 0.05) is 37.3 Å². The molecule has 1 aromatic rings. The topological polar surface area (TPSA) is 98.0 Å². The van der Waals surface area contributed by atoms with Gasteiger partial charge in [0.05, 0.1) is 14.5 Å². The Labute approximate surface area is 207 Å². The van der Waals surface area contributed by atoms with Crippen molar-refractivity contribution >= 4 is 22.2 Å². The second-order valence-electron chi connectivity index (χ2n) is 8.22. The number of aryl methyl sites for hydroxylation is 2. The molecule has 1 aromatic heterocycles. The summed E-state index contributed by atoms with van der Waals surface area (Å²) < 4.78 is 15.4. The summed E-state index contributed by atoms with van der Waals surface area (Å²) in [7, 11) is 5.75. The number of ketones is 1. The van der Waals surface area contributed by atoms with Gasteiger partial charge in [0.2, 0.25) is 6.54 Å². The molecule has 1 unspecified atom stereocenters. The molecule has 0 aliphatic rings. The third-order valence-electron chi connectivity index (χ3n) is 4.68. The lowest BCUT2D eigenvalue weighted by Gasteiger charge is -2.36. The molecule has 0 aromatic carbocycles. The summed E-state index contributed by atoms with van der Waals surface area (Å²) in [4.78, 5) is 38.4. The first-order valence-electron chi connectivity index (χ1n) is 11.1. The molecule has 1 rings (SSSR count). The maximum Gasteiger partial charge on any atom is 0.328 e. The van der Waals surface area contributed by atoms with E-state index in [4.69, 9.17) is 23.5 Å². The average Bonchev–Trinajstić information content (AvgIpc) is 2.74. The van der Waals surface area contributed by atoms with Gasteiger partial charge in [-0.15, -0.1) is 0 Å². The fraction of sp³-hybridized carbons (Fsp3) is 0.739. The van der Waals surface area contributed by atoms with Crippen molar-refractivity contribution in [3.8, 4) is 0 Å². The summed E-state index contributed by atoms with van der Waals surface area (Å²) in [6, 6.07) is 0.555. The lowest BCUT2D eigenvalue weighted by atomic mass is 9.92. The van der Waals surface area contributed by atoms with Crippen molar-refractivity contribution in [3.05, 3.63) is 44.0 Å². The first-order valence-corrected chi connectivity index (χ1v) is 12.3. The van der Waals surface area contributed by atoms with Crippen LogP contribution in [0.4, 0.5) is 0 Å². The van der Waals surface area contributed by atoms with E-state index in [0.717, 1.165) is 6.42 Å². The summed E-state index contributed by atoms with van der Waals surface area (Å²) in [6.07, 6.45) is 2.89. The molecule has 0 spiro atoms. The SMILES string of the molecule is C.Cc1cn(C)c(=O)[nH]c1=O.[B]CC(=O)C[C@@H](CC)COP(OCC[N+]#[C-])N(C(C)C)C(C)C. The van der Waals surface area contributed by atoms with Crippen LogP contribution in [0.5, 0.6) is 0 Å². The van der Waals surface area contributed by atoms with E-state index in [0.29, 0.717) is 31.7 Å². The molecule has 192 valence electrons. The molecule has 0 fully saturated rings. The third-order valence-corrected chi connectivity index (χ3v) is 6.75. The number of aromatic nitrogens is 2. The van der Waals surface area contributed by atoms with Gasteiger partial charge in [-0.25, -0.2) is 16.0 Å². The predicted octanol–water partition coefficient (Wildman–Crippen LogP) is 3.87. The van der Waals surface area contributed by atoms with Gasteiger partial charge in [-0.3, -0.25) is 9.78 Å². The maximum absolute atomic E-state index is 11.5. The van der Waals surface area contributed by atoms with E-state index in [1.165, 1.54) is 10.8 Å². The fourth-order valence-electron chi connectivity index (χ4n) is 2.90. The highest BCUT2D eigenvalue weighted by Crippen LogP contribution is 2.46. The van der Waals surface area contributed by atoms with Crippen LogP contribution in [0.3, 0.4) is 0 Å². The molecule has 2 radical (unpaired) electrons. The van der Waals surface area contributed by atoms with Crippen LogP contribution >= 0.6 is 8.53 Å². The molecule has 0 saturated heterocycles. The zero-order valence-electron chi connectivity index (χ0n) is 21.0. The van der Waals surface area contributed by atoms with E-state index in [2.05, 4.69) is 42.2 Å². The minimum Gasteiger partial charge on any atom is -0.322 e. The highest BCUT2D eigenvalue weighted by molar-refractivity contribution is 7.44. The Kier molecular flexibility index (Phi) is 18.7. The highest BCUT2D eigenvalue weighted by Gasteiger charge is 2.28. The van der Waals surface area contributed by atoms with Crippen LogP contribution in [0.1, 0.15) is 60.5 Å². The molecule has 9 nitrogen and oxygen atoms in total. The van der Waals surface area contributed by atoms with Gasteiger partial charge in [-0.2, -0.15) is 0 Å². The number of carbonyl (C=O) groups excluding carboxylic acids is 1. The van der Waals surface area contributed by atoms with Crippen LogP contribution in [0.2, 0.25) is 6.32 Å². The number of Topliss-reactive ketones (excluding diaryl/α,β-unsaturated/α-hetero) is 1. The Balaban J connectivity index is 0. The number of hydrogen-bond donors (Lipinski definition) is 1. The largest absolute Gasteiger partial charge is 0.328 e. The van der Waals surface area contributed by atoms with Crippen LogP contribution in [0, 0.1) is 19.4 Å². The number of aromatic amines is 1. The van der Waals surface area contributed by atoms with Crippen molar-refractivity contribution in [2.24, 2.45) is 13.0 Å². The Morgan fingerprint density at radius 1 is 1.26 bits per heavy atom. The maximum atomic E-state index is 11.5. The number of nitrogens with zero attached hydrogens (tertiary/aromatic N) is 3. The van der Waals surface area contributed by atoms with Crippen molar-refractivity contribution in [2.45, 2.75) is 80.2 Å². The van der Waals surface area contributed by atoms with E-state index in [-0.39, 0.29) is 48.8 Å². The number of H-pyrrole nitrogens is 1. The highest BCUT2D eigenvalue weighted by atomic mass is 31.2. The van der Waals surface area contributed by atoms with Crippen LogP contribution in [0.15, 0.2) is 15.8 Å². The quantitative estimate of drug-likeness (QED) is 0.193. The van der Waals surface area contributed by atoms with E-state index >= 15 is 0 Å². The van der Waals surface area contributed by atoms with Crippen LogP contribution in [0.25, 0.3) is 4.85 Å². The smallest absolute Gasteiger partial charge is 0.322 e. The van der Waals surface area contributed by atoms with Crippen molar-refractivity contribution in [3.63, 3.8) is 0 Å². The molecular formula is C23H42BN4O5P. The third kappa shape index (κ3) is 13.2. The molecule has 1 N–H and O–H groups in total. The van der Waals surface area contributed by atoms with E-state index < -0.39 is 8.53 Å². The van der Waals surface area contributed by atoms with Gasteiger partial charge < -0.3 is 23.3 Å². The van der Waals surface area contributed by atoms with Gasteiger partial charge in [-0.05, 0) is 46.9 Å². The molecule has 0 aliphatic carbocycles. The summed E-state index contributed by atoms with van der Waals surface area (Å²) in [5, 5.41) is 0. The number of rotatable bonds is 13. The standard InChI is InChI=1S/C16H30BN2O3P.C6H8N2O2.CH4/c1-7-15(10-16(20)11-17)12-22-23(21-9-8-18-6)19(13(2)3)14(4)5;1-4-3-8(2)6(10)7-5(4)9;/h13-15H,7-12H2,1-5H3;3H,1-2H3,(H,7,9,10);1H4/t15-,23?;;/m1../s1. The van der Waals surface area contributed by atoms with Gasteiger partial charge >= 0.3 is 5.69 Å². The number of carbonyl (C=O) groups is 1. The van der Waals surface area contributed by atoms with Crippen molar-refractivity contribution in [1.29, 1.82) is 0 Å². The molecule has 0 amide bonds. The Hall–Kier alpha value is -1.79. The zero-order valence-corrected chi connectivity index (χ0v) is 21.9. The van der Waals surface area contributed by atoms with Crippen LogP contribution < -0.4 is 11.2 Å². The molecule has 1 heterocycles. The normalized spacial score (nSPS) is 12.5. The number of nitrogens with one attached hydrogen (secondary N) is 1. The molecular weight excluding hydrogens is 454 g/mol. The summed E-state index contributed by atoms with van der Waals surface area (Å²) in [6.45, 7) is 20.1. The monoisotopic (exact) mass is 496 g/mol. The Morgan fingerprint density at radius 3 is 2.29 bits per heavy atom. The molecule has 2 atom stereocenters. The predicted molar refractivity (Wildman–Crippen MR) is 140 cm³/mol. The van der Waals surface area contributed by atoms with Crippen LogP contribution in [-0.2, 0) is 20.9 Å². The zero-order chi connectivity index (χ0) is 25.6. The minimum atomic E-state index is -1.23. The second-order valence-corrected chi connectivity index (χ2v) is 9.67. The molecule has 0 saturated carbocycles. The Bertz CT molecular complexity index is 827. The van der Waals surface area contributed by atoms with Crippen molar-refractivity contribution < 1.29 is 13.8 Å². The lowest BCUT2D eigenvalue weighted by molar-refractivity contribution is -0.118. The lowest BCUT2D eigenvalue weighted by Crippen LogP contribution is -2.34. The van der Waals surface area contributed by atoms with Crippen LogP contribution in [-0.4, -0.2) is 59.7 Å². The molecule has 11 heteroatoms. The fourth-order valence-corrected chi connectivity index (χ4v) is 4.57. The van der Waals surface area contributed by atoms with Crippen molar-refractivity contribution in [2.75, 3.05) is 19.8 Å². The summed E-state index contributed by atoms with van der Waals surface area (Å²) >= 11 is 0. The van der Waals surface area contributed by atoms with Gasteiger partial charge in [0.25, 0.3) is 14.1 Å². The van der Waals surface area contributed by atoms with Gasteiger partial charge in [0.15, 0.2) is 0 Å². The van der Waals surface area contributed by atoms with Gasteiger partial charge in [-0.1, -0.05) is 20.8 Å². The number of hydrogen-bond acceptors (Lipinski definition) is 6. The molecule has 0 aliphatic heterocycles. The second kappa shape index (κ2) is 18.5. The van der Waals surface area contributed by atoms with E-state index in [9.17, 15) is 14.4 Å². The minimum absolute atomic E-state index is 0. The average molecular weight is 496 g/mol. The van der Waals surface area contributed by atoms with Crippen molar-refractivity contribution in [1.82, 2.24) is 14.2 Å². The summed E-state index contributed by atoms with van der Waals surface area (Å²) in [5.41, 5.74) is -0.152. The Morgan fingerprint density at radius 2 is 1.85 bits per heavy atom. The molecule has 0 bridgehead atoms. The first kappa shape index (κ1) is 34.4. The van der Waals surface area contributed by atoms with Gasteiger partial charge in [0.1, 0.15) is 12.4 Å². The summed E-state index contributed by atoms with van der Waals surface area (Å²) in [5.74, 6) is 0.213.